The van der Waals surface area contributed by atoms with Gasteiger partial charge in [-0.15, -0.1) is 0 Å². The van der Waals surface area contributed by atoms with Crippen molar-refractivity contribution in [3.8, 4) is 0 Å². The lowest BCUT2D eigenvalue weighted by atomic mass is 10.2. The summed E-state index contributed by atoms with van der Waals surface area (Å²) < 4.78 is 75.4. The number of fused-ring (bicyclic) bond motifs is 1. The van der Waals surface area contributed by atoms with Gasteiger partial charge in [0, 0.05) is 20.6 Å². The van der Waals surface area contributed by atoms with Crippen LogP contribution in [0.2, 0.25) is 0 Å². The second-order valence-electron chi connectivity index (χ2n) is 6.42. The van der Waals surface area contributed by atoms with Crippen molar-refractivity contribution < 1.29 is 25.3 Å². The van der Waals surface area contributed by atoms with E-state index in [2.05, 4.69) is 0 Å². The van der Waals surface area contributed by atoms with Gasteiger partial charge in [-0.3, -0.25) is 4.31 Å². The lowest BCUT2D eigenvalue weighted by molar-refractivity contribution is 0.520. The number of sulfonamides is 3. The maximum atomic E-state index is 13.0. The van der Waals surface area contributed by atoms with E-state index in [1.54, 1.807) is 0 Å². The van der Waals surface area contributed by atoms with Crippen molar-refractivity contribution in [2.45, 2.75) is 21.1 Å². The summed E-state index contributed by atoms with van der Waals surface area (Å²) in [6, 6.07) is 8.99. The van der Waals surface area contributed by atoms with Crippen LogP contribution >= 0.6 is 0 Å². The standard InChI is InChI=1S/C16H19N3O6S3/c1-18(2)27(22,23)13-3-5-14(6-4-13)28(24,25)19-10-9-12-11-15(26(17,20)21)7-8-16(12)19/h3-8,11H,9-10H2,1-2H3,(H2,17,20,21). The van der Waals surface area contributed by atoms with Crippen LogP contribution in [0.15, 0.2) is 57.2 Å². The molecule has 0 aliphatic carbocycles. The summed E-state index contributed by atoms with van der Waals surface area (Å²) >= 11 is 0. The molecule has 1 heterocycles. The van der Waals surface area contributed by atoms with Crippen LogP contribution in [0.3, 0.4) is 0 Å². The fraction of sp³-hybridized carbons (Fsp3) is 0.250. The van der Waals surface area contributed by atoms with Crippen LogP contribution < -0.4 is 9.44 Å². The first-order valence-corrected chi connectivity index (χ1v) is 12.5. The first-order valence-electron chi connectivity index (χ1n) is 8.06. The molecule has 0 fully saturated rings. The number of nitrogens with zero attached hydrogens (tertiary/aromatic N) is 2. The van der Waals surface area contributed by atoms with Gasteiger partial charge in [0.2, 0.25) is 20.0 Å². The van der Waals surface area contributed by atoms with Gasteiger partial charge < -0.3 is 0 Å². The Labute approximate surface area is 164 Å². The molecule has 152 valence electrons. The van der Waals surface area contributed by atoms with Crippen LogP contribution in [-0.2, 0) is 36.5 Å². The number of nitrogens with two attached hydrogens (primary N) is 1. The molecule has 1 aliphatic rings. The quantitative estimate of drug-likeness (QED) is 0.705. The smallest absolute Gasteiger partial charge is 0.264 e. The zero-order valence-corrected chi connectivity index (χ0v) is 17.6. The number of hydrogen-bond acceptors (Lipinski definition) is 6. The molecule has 0 saturated heterocycles. The fourth-order valence-electron chi connectivity index (χ4n) is 2.90. The maximum Gasteiger partial charge on any atom is 0.264 e. The topological polar surface area (TPSA) is 135 Å². The molecule has 1 aliphatic heterocycles. The minimum absolute atomic E-state index is 0.0175. The van der Waals surface area contributed by atoms with Crippen molar-refractivity contribution in [2.24, 2.45) is 5.14 Å². The number of anilines is 1. The van der Waals surface area contributed by atoms with E-state index in [0.717, 1.165) is 4.31 Å². The van der Waals surface area contributed by atoms with Gasteiger partial charge in [-0.1, -0.05) is 0 Å². The Morgan fingerprint density at radius 3 is 1.93 bits per heavy atom. The van der Waals surface area contributed by atoms with Crippen molar-refractivity contribution in [3.05, 3.63) is 48.0 Å². The Bertz CT molecular complexity index is 1240. The largest absolute Gasteiger partial charge is 0.266 e. The summed E-state index contributed by atoms with van der Waals surface area (Å²) in [6.07, 6.45) is 0.338. The average Bonchev–Trinajstić information content (AvgIpc) is 3.05. The van der Waals surface area contributed by atoms with E-state index in [4.69, 9.17) is 5.14 Å². The Hall–Kier alpha value is -1.99. The highest BCUT2D eigenvalue weighted by molar-refractivity contribution is 7.93. The van der Waals surface area contributed by atoms with E-state index < -0.39 is 30.1 Å². The zero-order chi connectivity index (χ0) is 20.9. The first-order chi connectivity index (χ1) is 12.8. The number of benzene rings is 2. The Morgan fingerprint density at radius 2 is 1.39 bits per heavy atom. The number of rotatable bonds is 5. The second kappa shape index (κ2) is 6.81. The third-order valence-electron chi connectivity index (χ3n) is 4.42. The van der Waals surface area contributed by atoms with Gasteiger partial charge >= 0.3 is 0 Å². The minimum Gasteiger partial charge on any atom is -0.266 e. The maximum absolute atomic E-state index is 13.0. The Balaban J connectivity index is 1.98. The van der Waals surface area contributed by atoms with E-state index in [1.807, 2.05) is 0 Å². The monoisotopic (exact) mass is 445 g/mol. The molecule has 2 N–H and O–H groups in total. The highest BCUT2D eigenvalue weighted by Gasteiger charge is 2.32. The van der Waals surface area contributed by atoms with Crippen LogP contribution in [0.1, 0.15) is 5.56 Å². The number of hydrogen-bond donors (Lipinski definition) is 1. The molecular formula is C16H19N3O6S3. The van der Waals surface area contributed by atoms with E-state index in [-0.39, 0.29) is 21.2 Å². The lowest BCUT2D eigenvalue weighted by Crippen LogP contribution is -2.29. The molecule has 0 radical (unpaired) electrons. The van der Waals surface area contributed by atoms with Crippen molar-refractivity contribution in [2.75, 3.05) is 24.9 Å². The van der Waals surface area contributed by atoms with Gasteiger partial charge in [0.05, 0.1) is 20.4 Å². The van der Waals surface area contributed by atoms with Crippen LogP contribution in [0, 0.1) is 0 Å². The van der Waals surface area contributed by atoms with Crippen molar-refractivity contribution in [1.82, 2.24) is 4.31 Å². The third-order valence-corrected chi connectivity index (χ3v) is 8.99. The molecule has 0 unspecified atom stereocenters. The van der Waals surface area contributed by atoms with Crippen LogP contribution in [0.4, 0.5) is 5.69 Å². The van der Waals surface area contributed by atoms with E-state index >= 15 is 0 Å². The summed E-state index contributed by atoms with van der Waals surface area (Å²) in [7, 11) is -8.72. The molecule has 0 saturated carbocycles. The van der Waals surface area contributed by atoms with Crippen LogP contribution in [0.25, 0.3) is 0 Å². The summed E-state index contributed by atoms with van der Waals surface area (Å²) in [4.78, 5) is -0.159. The summed E-state index contributed by atoms with van der Waals surface area (Å²) in [5.74, 6) is 0. The van der Waals surface area contributed by atoms with Gasteiger partial charge in [-0.2, -0.15) is 0 Å². The molecule has 12 heteroatoms. The van der Waals surface area contributed by atoms with Crippen LogP contribution in [0.5, 0.6) is 0 Å². The summed E-state index contributed by atoms with van der Waals surface area (Å²) in [5, 5.41) is 5.12. The first kappa shape index (κ1) is 20.7. The third kappa shape index (κ3) is 3.53. The van der Waals surface area contributed by atoms with Gasteiger partial charge in [0.15, 0.2) is 0 Å². The summed E-state index contributed by atoms with van der Waals surface area (Å²) in [5.41, 5.74) is 0.930. The zero-order valence-electron chi connectivity index (χ0n) is 15.1. The van der Waals surface area contributed by atoms with E-state index in [9.17, 15) is 25.3 Å². The van der Waals surface area contributed by atoms with Gasteiger partial charge in [0.1, 0.15) is 0 Å². The second-order valence-corrected chi connectivity index (χ2v) is 12.0. The van der Waals surface area contributed by atoms with E-state index in [0.29, 0.717) is 17.7 Å². The van der Waals surface area contributed by atoms with Crippen LogP contribution in [-0.4, -0.2) is 50.2 Å². The van der Waals surface area contributed by atoms with Gasteiger partial charge in [0.25, 0.3) is 10.0 Å². The molecule has 0 amide bonds. The molecule has 2 aromatic rings. The normalized spacial score (nSPS) is 15.1. The summed E-state index contributed by atoms with van der Waals surface area (Å²) in [6.45, 7) is 0.142. The van der Waals surface area contributed by atoms with Crippen molar-refractivity contribution in [3.63, 3.8) is 0 Å². The molecule has 9 nitrogen and oxygen atoms in total. The molecule has 0 atom stereocenters. The SMILES string of the molecule is CN(C)S(=O)(=O)c1ccc(S(=O)(=O)N2CCc3cc(S(N)(=O)=O)ccc32)cc1. The Kier molecular flexibility index (Phi) is 5.04. The molecule has 0 bridgehead atoms. The average molecular weight is 446 g/mol. The van der Waals surface area contributed by atoms with Crippen molar-refractivity contribution >= 4 is 35.8 Å². The van der Waals surface area contributed by atoms with Gasteiger partial charge in [-0.25, -0.2) is 34.7 Å². The molecule has 3 rings (SSSR count). The van der Waals surface area contributed by atoms with Crippen molar-refractivity contribution in [1.29, 1.82) is 0 Å². The Morgan fingerprint density at radius 1 is 0.857 bits per heavy atom. The predicted molar refractivity (Wildman–Crippen MR) is 103 cm³/mol. The molecule has 0 aromatic heterocycles. The van der Waals surface area contributed by atoms with E-state index in [1.165, 1.54) is 60.9 Å². The highest BCUT2D eigenvalue weighted by Crippen LogP contribution is 2.34. The highest BCUT2D eigenvalue weighted by atomic mass is 32.2. The molecule has 0 spiro atoms. The fourth-order valence-corrected chi connectivity index (χ4v) is 5.87. The predicted octanol–water partition coefficient (Wildman–Crippen LogP) is 0.336. The molecule has 2 aromatic carbocycles. The molecular weight excluding hydrogens is 426 g/mol. The molecule has 28 heavy (non-hydrogen) atoms. The number of primary sulfonamides is 1. The van der Waals surface area contributed by atoms with Gasteiger partial charge in [-0.05, 0) is 54.4 Å². The lowest BCUT2D eigenvalue weighted by Gasteiger charge is -2.20. The minimum atomic E-state index is -3.94.